The molecule has 0 bridgehead atoms. The van der Waals surface area contributed by atoms with E-state index in [9.17, 15) is 8.78 Å². The number of rotatable bonds is 5. The van der Waals surface area contributed by atoms with Crippen molar-refractivity contribution in [3.05, 3.63) is 180 Å². The molecule has 0 radical (unpaired) electrons. The van der Waals surface area contributed by atoms with E-state index in [2.05, 4.69) is 33.4 Å². The highest BCUT2D eigenvalue weighted by molar-refractivity contribution is 6.10. The lowest BCUT2D eigenvalue weighted by molar-refractivity contribution is 0.171. The Morgan fingerprint density at radius 3 is 1.12 bits per heavy atom. The number of para-hydroxylation sites is 4. The number of benzene rings is 6. The van der Waals surface area contributed by atoms with Crippen LogP contribution in [0.2, 0.25) is 0 Å². The molecule has 0 aliphatic heterocycles. The van der Waals surface area contributed by atoms with Crippen LogP contribution in [-0.2, 0) is 5.41 Å². The van der Waals surface area contributed by atoms with Crippen LogP contribution in [0.25, 0.3) is 55.0 Å². The van der Waals surface area contributed by atoms with Crippen LogP contribution in [0.4, 0.5) is 22.0 Å². The fraction of sp³-hybridized carbons (Fsp3) is 0.0909. The summed E-state index contributed by atoms with van der Waals surface area (Å²) < 4.78 is 80.4. The van der Waals surface area contributed by atoms with Crippen molar-refractivity contribution in [2.45, 2.75) is 24.7 Å². The highest BCUT2D eigenvalue weighted by atomic mass is 19.2. The first kappa shape index (κ1) is 31.1. The van der Waals surface area contributed by atoms with Crippen LogP contribution in [-0.4, -0.2) is 21.5 Å². The largest absolute Gasteiger partial charge is 0.309 e. The number of nitrogens with zero attached hydrogens (tertiary/aromatic N) is 2. The van der Waals surface area contributed by atoms with E-state index in [0.717, 1.165) is 55.0 Å². The molecule has 0 spiro atoms. The number of alkyl halides is 2. The van der Waals surface area contributed by atoms with E-state index in [1.54, 1.807) is 24.3 Å². The molecule has 0 saturated carbocycles. The molecule has 250 valence electrons. The molecule has 0 fully saturated rings. The smallest absolute Gasteiger partial charge is 0.193 e. The van der Waals surface area contributed by atoms with Gasteiger partial charge in [-0.05, 0) is 66.6 Å². The Hall–Kier alpha value is -5.95. The van der Waals surface area contributed by atoms with Crippen molar-refractivity contribution in [2.75, 3.05) is 0 Å². The Kier molecular flexibility index (Phi) is 7.04. The lowest BCUT2D eigenvalue weighted by atomic mass is 9.67. The number of hydrogen-bond donors (Lipinski definition) is 0. The van der Waals surface area contributed by atoms with E-state index in [4.69, 9.17) is 0 Å². The predicted octanol–water partition coefficient (Wildman–Crippen LogP) is 12.3. The molecule has 1 aliphatic carbocycles. The van der Waals surface area contributed by atoms with E-state index in [1.165, 1.54) is 6.92 Å². The Morgan fingerprint density at radius 2 is 0.765 bits per heavy atom. The van der Waals surface area contributed by atoms with Gasteiger partial charge in [-0.15, -0.1) is 0 Å². The molecule has 0 amide bonds. The Morgan fingerprint density at radius 1 is 0.431 bits per heavy atom. The molecular weight excluding hydrogens is 651 g/mol. The molecular formula is C44H29F5N2. The molecule has 9 rings (SSSR count). The molecule has 0 saturated heterocycles. The van der Waals surface area contributed by atoms with Gasteiger partial charge in [0.25, 0.3) is 0 Å². The molecule has 1 aliphatic rings. The van der Waals surface area contributed by atoms with Crippen molar-refractivity contribution in [3.63, 3.8) is 0 Å². The number of fused-ring (bicyclic) bond motifs is 6. The maximum absolute atomic E-state index is 16.0. The highest BCUT2D eigenvalue weighted by Crippen LogP contribution is 2.50. The number of halogens is 5. The van der Waals surface area contributed by atoms with Crippen molar-refractivity contribution < 1.29 is 22.0 Å². The molecule has 8 aromatic rings. The van der Waals surface area contributed by atoms with Crippen LogP contribution in [0.1, 0.15) is 18.1 Å². The lowest BCUT2D eigenvalue weighted by Crippen LogP contribution is -2.38. The van der Waals surface area contributed by atoms with E-state index >= 15 is 13.2 Å². The van der Waals surface area contributed by atoms with Gasteiger partial charge < -0.3 is 9.13 Å². The normalized spacial score (nSPS) is 17.1. The van der Waals surface area contributed by atoms with Gasteiger partial charge in [0.2, 0.25) is 0 Å². The molecule has 7 heteroatoms. The highest BCUT2D eigenvalue weighted by Gasteiger charge is 2.49. The van der Waals surface area contributed by atoms with E-state index in [0.29, 0.717) is 11.1 Å². The van der Waals surface area contributed by atoms with Gasteiger partial charge in [-0.2, -0.15) is 0 Å². The zero-order valence-electron chi connectivity index (χ0n) is 27.3. The molecule has 0 N–H and O–H groups in total. The summed E-state index contributed by atoms with van der Waals surface area (Å²) in [6.45, 7) is 1.53. The summed E-state index contributed by atoms with van der Waals surface area (Å²) in [7, 11) is 0. The molecule has 51 heavy (non-hydrogen) atoms. The van der Waals surface area contributed by atoms with Crippen molar-refractivity contribution in [3.8, 4) is 11.4 Å². The molecule has 2 aromatic heterocycles. The summed E-state index contributed by atoms with van der Waals surface area (Å²) in [6, 6.07) is 46.2. The third-order valence-corrected chi connectivity index (χ3v) is 10.5. The zero-order valence-corrected chi connectivity index (χ0v) is 27.3. The van der Waals surface area contributed by atoms with Gasteiger partial charge in [0.15, 0.2) is 29.8 Å². The Bertz CT molecular complexity index is 2450. The number of aromatic nitrogens is 2. The van der Waals surface area contributed by atoms with Crippen LogP contribution in [0.3, 0.4) is 0 Å². The zero-order chi connectivity index (χ0) is 35.0. The van der Waals surface area contributed by atoms with Crippen molar-refractivity contribution in [2.24, 2.45) is 0 Å². The minimum absolute atomic E-state index is 0.381. The van der Waals surface area contributed by atoms with Gasteiger partial charge in [-0.1, -0.05) is 97.1 Å². The predicted molar refractivity (Wildman–Crippen MR) is 195 cm³/mol. The van der Waals surface area contributed by atoms with Gasteiger partial charge >= 0.3 is 0 Å². The van der Waals surface area contributed by atoms with Crippen molar-refractivity contribution in [1.82, 2.24) is 9.13 Å². The Balaban J connectivity index is 1.23. The number of allylic oxidation sites excluding steroid dienone is 4. The summed E-state index contributed by atoms with van der Waals surface area (Å²) in [5, 5.41) is 4.27. The van der Waals surface area contributed by atoms with Crippen molar-refractivity contribution >= 4 is 43.6 Å². The Labute approximate surface area is 290 Å². The minimum Gasteiger partial charge on any atom is -0.309 e. The van der Waals surface area contributed by atoms with Crippen LogP contribution in [0, 0.1) is 0 Å². The van der Waals surface area contributed by atoms with Crippen LogP contribution >= 0.6 is 0 Å². The first-order valence-corrected chi connectivity index (χ1v) is 16.7. The minimum atomic E-state index is -2.98. The topological polar surface area (TPSA) is 9.86 Å². The average molecular weight is 681 g/mol. The SMILES string of the molecule is CC(C1=C(F)C(F)=C(F)C(F)C1F)(c1ccc(-n2c3ccccc3c3ccccc32)cc1)c1ccc(-n2c3ccccc3c3ccccc32)cc1. The second-order valence-electron chi connectivity index (χ2n) is 13.2. The van der Waals surface area contributed by atoms with Crippen LogP contribution in [0.5, 0.6) is 0 Å². The van der Waals surface area contributed by atoms with Gasteiger partial charge in [0, 0.05) is 43.9 Å². The van der Waals surface area contributed by atoms with Gasteiger partial charge in [0.1, 0.15) is 0 Å². The summed E-state index contributed by atoms with van der Waals surface area (Å²) in [6.07, 6.45) is -5.74. The van der Waals surface area contributed by atoms with Crippen molar-refractivity contribution in [1.29, 1.82) is 0 Å². The van der Waals surface area contributed by atoms with Gasteiger partial charge in [-0.25, -0.2) is 22.0 Å². The number of hydrogen-bond acceptors (Lipinski definition) is 0. The third kappa shape index (κ3) is 4.47. The maximum atomic E-state index is 16.0. The van der Waals surface area contributed by atoms with Gasteiger partial charge in [-0.3, -0.25) is 0 Å². The standard InChI is InChI=1S/C44H29F5N2/c1-44(38-39(45)41(47)43(49)42(48)40(38)46,26-18-22-28(23-19-26)50-34-14-6-2-10-30(34)31-11-3-7-15-35(31)50)27-20-24-29(25-21-27)51-36-16-8-4-12-32(36)33-13-5-9-17-37(33)51/h2-25,39,41H,1H3. The van der Waals surface area contributed by atoms with E-state index < -0.39 is 40.8 Å². The van der Waals surface area contributed by atoms with E-state index in [-0.39, 0.29) is 0 Å². The molecule has 2 unspecified atom stereocenters. The van der Waals surface area contributed by atoms with Gasteiger partial charge in [0.05, 0.1) is 22.1 Å². The average Bonchev–Trinajstić information content (AvgIpc) is 3.69. The molecule has 2 atom stereocenters. The summed E-state index contributed by atoms with van der Waals surface area (Å²) in [5.41, 5.74) is 3.70. The summed E-state index contributed by atoms with van der Waals surface area (Å²) in [5.74, 6) is -5.81. The fourth-order valence-electron chi connectivity index (χ4n) is 8.00. The first-order valence-electron chi connectivity index (χ1n) is 16.7. The lowest BCUT2D eigenvalue weighted by Gasteiger charge is -2.38. The monoisotopic (exact) mass is 680 g/mol. The van der Waals surface area contributed by atoms with Crippen LogP contribution in [0.15, 0.2) is 169 Å². The quantitative estimate of drug-likeness (QED) is 0.160. The third-order valence-electron chi connectivity index (χ3n) is 10.5. The molecule has 6 aromatic carbocycles. The van der Waals surface area contributed by atoms with E-state index in [1.807, 2.05) is 97.1 Å². The second-order valence-corrected chi connectivity index (χ2v) is 13.2. The second kappa shape index (κ2) is 11.6. The summed E-state index contributed by atoms with van der Waals surface area (Å²) >= 11 is 0. The fourth-order valence-corrected chi connectivity index (χ4v) is 8.00. The molecule has 2 heterocycles. The first-order chi connectivity index (χ1) is 24.8. The maximum Gasteiger partial charge on any atom is 0.193 e. The van der Waals surface area contributed by atoms with Crippen LogP contribution < -0.4 is 0 Å². The molecule has 2 nitrogen and oxygen atoms in total. The summed E-state index contributed by atoms with van der Waals surface area (Å²) in [4.78, 5) is 0.